The van der Waals surface area contributed by atoms with Gasteiger partial charge in [-0.1, -0.05) is 36.4 Å². The van der Waals surface area contributed by atoms with Crippen LogP contribution in [0.2, 0.25) is 0 Å². The Bertz CT molecular complexity index is 1140. The lowest BCUT2D eigenvalue weighted by Crippen LogP contribution is -2.04. The Kier molecular flexibility index (Phi) is 5.12. The molecule has 0 aliphatic heterocycles. The Morgan fingerprint density at radius 2 is 1.48 bits per heavy atom. The third kappa shape index (κ3) is 3.40. The molecule has 0 N–H and O–H groups in total. The average Bonchev–Trinajstić information content (AvgIpc) is 3.12. The van der Waals surface area contributed by atoms with Gasteiger partial charge in [-0.2, -0.15) is 0 Å². The molecule has 148 valence electrons. The summed E-state index contributed by atoms with van der Waals surface area (Å²) in [5.41, 5.74) is 5.44. The molecule has 5 heteroatoms. The van der Waals surface area contributed by atoms with Crippen LogP contribution in [0.5, 0.6) is 17.2 Å². The molecule has 0 radical (unpaired) electrons. The topological polar surface area (TPSA) is 45.5 Å². The molecule has 4 rings (SSSR count). The third-order valence-electron chi connectivity index (χ3n) is 5.17. The van der Waals surface area contributed by atoms with Crippen molar-refractivity contribution in [1.29, 1.82) is 0 Å². The van der Waals surface area contributed by atoms with Crippen molar-refractivity contribution in [2.45, 2.75) is 13.5 Å². The van der Waals surface area contributed by atoms with Crippen LogP contribution in [0.1, 0.15) is 11.1 Å². The quantitative estimate of drug-likeness (QED) is 0.462. The number of aromatic nitrogens is 2. The zero-order chi connectivity index (χ0) is 20.4. The second-order valence-electron chi connectivity index (χ2n) is 6.85. The Balaban J connectivity index is 1.94. The van der Waals surface area contributed by atoms with Gasteiger partial charge >= 0.3 is 0 Å². The largest absolute Gasteiger partial charge is 0.493 e. The number of benzene rings is 3. The first-order valence-corrected chi connectivity index (χ1v) is 9.46. The number of aryl methyl sites for hydroxylation is 1. The predicted molar refractivity (Wildman–Crippen MR) is 115 cm³/mol. The molecule has 0 fully saturated rings. The van der Waals surface area contributed by atoms with Crippen molar-refractivity contribution in [3.8, 4) is 28.6 Å². The van der Waals surface area contributed by atoms with E-state index in [2.05, 4.69) is 41.8 Å². The fraction of sp³-hybridized carbons (Fsp3) is 0.208. The van der Waals surface area contributed by atoms with E-state index in [1.165, 1.54) is 11.1 Å². The van der Waals surface area contributed by atoms with Crippen LogP contribution in [0.3, 0.4) is 0 Å². The van der Waals surface area contributed by atoms with E-state index >= 15 is 0 Å². The molecular formula is C24H24N2O3. The van der Waals surface area contributed by atoms with Gasteiger partial charge in [0, 0.05) is 12.1 Å². The normalized spacial score (nSPS) is 10.9. The first kappa shape index (κ1) is 18.9. The summed E-state index contributed by atoms with van der Waals surface area (Å²) >= 11 is 0. The van der Waals surface area contributed by atoms with Gasteiger partial charge in [-0.15, -0.1) is 0 Å². The summed E-state index contributed by atoms with van der Waals surface area (Å²) in [5.74, 6) is 2.64. The lowest BCUT2D eigenvalue weighted by molar-refractivity contribution is 0.324. The zero-order valence-corrected chi connectivity index (χ0v) is 17.1. The lowest BCUT2D eigenvalue weighted by Gasteiger charge is -2.15. The minimum atomic E-state index is 0.570. The van der Waals surface area contributed by atoms with Crippen molar-refractivity contribution in [2.24, 2.45) is 0 Å². The molecule has 4 aromatic rings. The van der Waals surface area contributed by atoms with Crippen LogP contribution in [0.4, 0.5) is 0 Å². The van der Waals surface area contributed by atoms with Crippen LogP contribution in [-0.2, 0) is 6.54 Å². The average molecular weight is 388 g/mol. The van der Waals surface area contributed by atoms with E-state index in [1.807, 2.05) is 30.3 Å². The summed E-state index contributed by atoms with van der Waals surface area (Å²) in [6.07, 6.45) is 0. The zero-order valence-electron chi connectivity index (χ0n) is 17.1. The second-order valence-corrected chi connectivity index (χ2v) is 6.85. The Hall–Kier alpha value is -3.47. The van der Waals surface area contributed by atoms with Crippen molar-refractivity contribution in [3.05, 3.63) is 71.8 Å². The van der Waals surface area contributed by atoms with Gasteiger partial charge in [0.15, 0.2) is 11.5 Å². The van der Waals surface area contributed by atoms with E-state index in [0.717, 1.165) is 29.0 Å². The fourth-order valence-corrected chi connectivity index (χ4v) is 3.62. The molecule has 0 atom stereocenters. The maximum atomic E-state index is 5.55. The van der Waals surface area contributed by atoms with E-state index in [1.54, 1.807) is 21.3 Å². The standard InChI is InChI=1S/C24H24N2O3/c1-16-9-5-6-10-17(16)15-26-20-12-8-7-11-19(20)25-24(26)18-13-21(27-2)23(29-4)22(14-18)28-3/h5-14H,15H2,1-4H3. The van der Waals surface area contributed by atoms with Crippen LogP contribution in [0, 0.1) is 6.92 Å². The SMILES string of the molecule is COc1cc(-c2nc3ccccc3n2Cc2ccccc2C)cc(OC)c1OC. The first-order valence-electron chi connectivity index (χ1n) is 9.46. The number of hydrogen-bond donors (Lipinski definition) is 0. The molecule has 0 saturated carbocycles. The second kappa shape index (κ2) is 7.87. The van der Waals surface area contributed by atoms with Gasteiger partial charge in [-0.05, 0) is 42.3 Å². The van der Waals surface area contributed by atoms with Crippen molar-refractivity contribution in [3.63, 3.8) is 0 Å². The van der Waals surface area contributed by atoms with Crippen molar-refractivity contribution in [2.75, 3.05) is 21.3 Å². The molecule has 3 aromatic carbocycles. The molecule has 0 amide bonds. The van der Waals surface area contributed by atoms with Gasteiger partial charge in [0.1, 0.15) is 5.82 Å². The highest BCUT2D eigenvalue weighted by Crippen LogP contribution is 2.41. The number of methoxy groups -OCH3 is 3. The van der Waals surface area contributed by atoms with E-state index < -0.39 is 0 Å². The summed E-state index contributed by atoms with van der Waals surface area (Å²) in [5, 5.41) is 0. The number of imidazole rings is 1. The Labute approximate surface area is 170 Å². The van der Waals surface area contributed by atoms with E-state index in [9.17, 15) is 0 Å². The van der Waals surface area contributed by atoms with Crippen LogP contribution < -0.4 is 14.2 Å². The number of hydrogen-bond acceptors (Lipinski definition) is 4. The number of ether oxygens (including phenoxy) is 3. The maximum Gasteiger partial charge on any atom is 0.203 e. The smallest absolute Gasteiger partial charge is 0.203 e. The molecular weight excluding hydrogens is 364 g/mol. The summed E-state index contributed by atoms with van der Waals surface area (Å²) < 4.78 is 18.8. The fourth-order valence-electron chi connectivity index (χ4n) is 3.62. The monoisotopic (exact) mass is 388 g/mol. The van der Waals surface area contributed by atoms with Crippen molar-refractivity contribution >= 4 is 11.0 Å². The number of nitrogens with zero attached hydrogens (tertiary/aromatic N) is 2. The summed E-state index contributed by atoms with van der Waals surface area (Å²) in [6, 6.07) is 20.5. The van der Waals surface area contributed by atoms with E-state index in [0.29, 0.717) is 17.2 Å². The minimum Gasteiger partial charge on any atom is -0.493 e. The molecule has 1 aromatic heterocycles. The molecule has 0 saturated heterocycles. The highest BCUT2D eigenvalue weighted by Gasteiger charge is 2.19. The lowest BCUT2D eigenvalue weighted by atomic mass is 10.1. The van der Waals surface area contributed by atoms with Gasteiger partial charge in [-0.3, -0.25) is 0 Å². The summed E-state index contributed by atoms with van der Waals surface area (Å²) in [4.78, 5) is 4.93. The Morgan fingerprint density at radius 1 is 0.828 bits per heavy atom. The molecule has 0 unspecified atom stereocenters. The molecule has 5 nitrogen and oxygen atoms in total. The number of rotatable bonds is 6. The van der Waals surface area contributed by atoms with Gasteiger partial charge in [0.25, 0.3) is 0 Å². The highest BCUT2D eigenvalue weighted by atomic mass is 16.5. The van der Waals surface area contributed by atoms with E-state index in [4.69, 9.17) is 19.2 Å². The molecule has 29 heavy (non-hydrogen) atoms. The third-order valence-corrected chi connectivity index (χ3v) is 5.17. The molecule has 0 bridgehead atoms. The summed E-state index contributed by atoms with van der Waals surface area (Å²) in [6.45, 7) is 2.85. The van der Waals surface area contributed by atoms with Crippen LogP contribution in [0.25, 0.3) is 22.4 Å². The van der Waals surface area contributed by atoms with Gasteiger partial charge in [0.05, 0.1) is 32.4 Å². The molecule has 0 aliphatic rings. The highest BCUT2D eigenvalue weighted by molar-refractivity contribution is 5.82. The predicted octanol–water partition coefficient (Wildman–Crippen LogP) is 5.09. The Morgan fingerprint density at radius 3 is 2.14 bits per heavy atom. The van der Waals surface area contributed by atoms with Crippen LogP contribution in [0.15, 0.2) is 60.7 Å². The first-order chi connectivity index (χ1) is 14.2. The molecule has 0 aliphatic carbocycles. The van der Waals surface area contributed by atoms with Gasteiger partial charge in [0.2, 0.25) is 5.75 Å². The molecule has 1 heterocycles. The van der Waals surface area contributed by atoms with E-state index in [-0.39, 0.29) is 0 Å². The number of fused-ring (bicyclic) bond motifs is 1. The number of para-hydroxylation sites is 2. The van der Waals surface area contributed by atoms with Crippen LogP contribution in [-0.4, -0.2) is 30.9 Å². The maximum absolute atomic E-state index is 5.55. The molecule has 0 spiro atoms. The minimum absolute atomic E-state index is 0.570. The van der Waals surface area contributed by atoms with Crippen molar-refractivity contribution < 1.29 is 14.2 Å². The van der Waals surface area contributed by atoms with Crippen LogP contribution >= 0.6 is 0 Å². The van der Waals surface area contributed by atoms with Crippen molar-refractivity contribution in [1.82, 2.24) is 9.55 Å². The van der Waals surface area contributed by atoms with Gasteiger partial charge < -0.3 is 18.8 Å². The van der Waals surface area contributed by atoms with Gasteiger partial charge in [-0.25, -0.2) is 4.98 Å². The summed E-state index contributed by atoms with van der Waals surface area (Å²) in [7, 11) is 4.85.